The maximum absolute atomic E-state index is 12.6. The molecular weight excluding hydrogens is 585 g/mol. The zero-order valence-corrected chi connectivity index (χ0v) is 21.4. The van der Waals surface area contributed by atoms with Gasteiger partial charge in [0.05, 0.1) is 15.1 Å². The zero-order chi connectivity index (χ0) is 25.4. The molecule has 1 N–H and O–H groups in total. The van der Waals surface area contributed by atoms with Crippen molar-refractivity contribution in [3.63, 3.8) is 0 Å². The average Bonchev–Trinajstić information content (AvgIpc) is 2.83. The zero-order valence-electron chi connectivity index (χ0n) is 18.5. The van der Waals surface area contributed by atoms with Gasteiger partial charge < -0.3 is 14.8 Å². The van der Waals surface area contributed by atoms with Crippen LogP contribution in [0.4, 0.5) is 11.4 Å². The highest BCUT2D eigenvalue weighted by atomic mass is 127. The van der Waals surface area contributed by atoms with E-state index in [1.807, 2.05) is 25.1 Å². The summed E-state index contributed by atoms with van der Waals surface area (Å²) in [5, 5.41) is 23.7. The van der Waals surface area contributed by atoms with Crippen molar-refractivity contribution in [1.29, 1.82) is 5.26 Å². The van der Waals surface area contributed by atoms with Gasteiger partial charge in [-0.15, -0.1) is 0 Å². The third-order valence-electron chi connectivity index (χ3n) is 4.62. The molecule has 0 atom stereocenters. The van der Waals surface area contributed by atoms with Crippen molar-refractivity contribution in [2.75, 3.05) is 11.9 Å². The molecule has 0 aliphatic heterocycles. The normalized spacial score (nSPS) is 10.9. The van der Waals surface area contributed by atoms with Gasteiger partial charge in [0.2, 0.25) is 0 Å². The summed E-state index contributed by atoms with van der Waals surface area (Å²) in [5.74, 6) is 0.319. The van der Waals surface area contributed by atoms with Crippen LogP contribution in [-0.4, -0.2) is 17.4 Å². The van der Waals surface area contributed by atoms with E-state index in [4.69, 9.17) is 21.1 Å². The lowest BCUT2D eigenvalue weighted by molar-refractivity contribution is -0.384. The number of rotatable bonds is 9. The van der Waals surface area contributed by atoms with Crippen molar-refractivity contribution in [3.05, 3.63) is 96.1 Å². The van der Waals surface area contributed by atoms with Gasteiger partial charge in [0.25, 0.3) is 11.6 Å². The Labute approximate surface area is 220 Å². The lowest BCUT2D eigenvalue weighted by Crippen LogP contribution is -2.13. The van der Waals surface area contributed by atoms with E-state index in [2.05, 4.69) is 27.9 Å². The lowest BCUT2D eigenvalue weighted by Gasteiger charge is -2.15. The Bertz CT molecular complexity index is 1320. The highest BCUT2D eigenvalue weighted by Crippen LogP contribution is 2.35. The number of nitrogens with one attached hydrogen (secondary N) is 1. The van der Waals surface area contributed by atoms with E-state index in [1.54, 1.807) is 24.3 Å². The Balaban J connectivity index is 1.84. The SMILES string of the molecule is CCOc1cc(/C=C(/C#N)C(=O)Nc2cccc([N+](=O)[O-])c2)cc(I)c1OCc1ccc(Cl)cc1. The second-order valence-electron chi connectivity index (χ2n) is 7.11. The molecule has 3 aromatic carbocycles. The molecule has 0 saturated carbocycles. The van der Waals surface area contributed by atoms with E-state index in [-0.39, 0.29) is 16.9 Å². The number of benzene rings is 3. The number of non-ortho nitro benzene ring substituents is 1. The summed E-state index contributed by atoms with van der Waals surface area (Å²) in [6, 6.07) is 18.1. The number of nitrogens with zero attached hydrogens (tertiary/aromatic N) is 2. The number of carbonyl (C=O) groups excluding carboxylic acids is 1. The van der Waals surface area contributed by atoms with Crippen LogP contribution in [0.1, 0.15) is 18.1 Å². The molecule has 8 nitrogen and oxygen atoms in total. The van der Waals surface area contributed by atoms with E-state index >= 15 is 0 Å². The molecular formula is C25H19ClIN3O5. The number of nitro groups is 1. The molecule has 1 amide bonds. The highest BCUT2D eigenvalue weighted by Gasteiger charge is 2.15. The minimum atomic E-state index is -0.691. The van der Waals surface area contributed by atoms with Crippen LogP contribution >= 0.6 is 34.2 Å². The molecule has 35 heavy (non-hydrogen) atoms. The maximum atomic E-state index is 12.6. The summed E-state index contributed by atoms with van der Waals surface area (Å²) in [5.41, 5.74) is 1.35. The summed E-state index contributed by atoms with van der Waals surface area (Å²) >= 11 is 8.03. The van der Waals surface area contributed by atoms with Gasteiger partial charge in [0, 0.05) is 22.8 Å². The fraction of sp³-hybridized carbons (Fsp3) is 0.120. The molecule has 0 saturated heterocycles. The monoisotopic (exact) mass is 603 g/mol. The number of ether oxygens (including phenoxy) is 2. The van der Waals surface area contributed by atoms with Gasteiger partial charge in [0.1, 0.15) is 18.2 Å². The second kappa shape index (κ2) is 12.2. The number of hydrogen-bond donors (Lipinski definition) is 1. The predicted octanol–water partition coefficient (Wildman–Crippen LogP) is 6.38. The van der Waals surface area contributed by atoms with Crippen LogP contribution in [0.25, 0.3) is 6.08 Å². The minimum absolute atomic E-state index is 0.171. The minimum Gasteiger partial charge on any atom is -0.490 e. The van der Waals surface area contributed by atoms with Gasteiger partial charge in [-0.1, -0.05) is 29.8 Å². The van der Waals surface area contributed by atoms with Gasteiger partial charge in [-0.25, -0.2) is 0 Å². The Morgan fingerprint density at radius 2 is 1.94 bits per heavy atom. The largest absolute Gasteiger partial charge is 0.490 e. The first kappa shape index (κ1) is 26.0. The number of hydrogen-bond acceptors (Lipinski definition) is 6. The van der Waals surface area contributed by atoms with Gasteiger partial charge in [-0.3, -0.25) is 14.9 Å². The molecule has 0 radical (unpaired) electrons. The van der Waals surface area contributed by atoms with Crippen LogP contribution in [0.2, 0.25) is 5.02 Å². The number of amides is 1. The predicted molar refractivity (Wildman–Crippen MR) is 141 cm³/mol. The van der Waals surface area contributed by atoms with E-state index < -0.39 is 10.8 Å². The molecule has 0 fully saturated rings. The number of nitriles is 1. The van der Waals surface area contributed by atoms with Crippen LogP contribution in [0, 0.1) is 25.0 Å². The molecule has 0 unspecified atom stereocenters. The van der Waals surface area contributed by atoms with E-state index in [0.717, 1.165) is 9.13 Å². The quantitative estimate of drug-likeness (QED) is 0.0999. The average molecular weight is 604 g/mol. The maximum Gasteiger partial charge on any atom is 0.271 e. The van der Waals surface area contributed by atoms with Gasteiger partial charge in [0.15, 0.2) is 11.5 Å². The summed E-state index contributed by atoms with van der Waals surface area (Å²) in [6.45, 7) is 2.53. The summed E-state index contributed by atoms with van der Waals surface area (Å²) in [7, 11) is 0. The molecule has 0 aliphatic carbocycles. The number of carbonyl (C=O) groups is 1. The third-order valence-corrected chi connectivity index (χ3v) is 5.67. The van der Waals surface area contributed by atoms with Gasteiger partial charge in [-0.2, -0.15) is 5.26 Å². The Hall–Kier alpha value is -3.62. The van der Waals surface area contributed by atoms with E-state index in [0.29, 0.717) is 35.3 Å². The Kier molecular flexibility index (Phi) is 9.05. The molecule has 3 aromatic rings. The Morgan fingerprint density at radius 3 is 2.60 bits per heavy atom. The first-order valence-electron chi connectivity index (χ1n) is 10.3. The summed E-state index contributed by atoms with van der Waals surface area (Å²) in [4.78, 5) is 23.0. The molecule has 0 heterocycles. The van der Waals surface area contributed by atoms with Crippen molar-refractivity contribution in [2.24, 2.45) is 0 Å². The topological polar surface area (TPSA) is 114 Å². The van der Waals surface area contributed by atoms with Crippen molar-refractivity contribution in [2.45, 2.75) is 13.5 Å². The number of halogens is 2. The standard InChI is InChI=1S/C25H19ClIN3O5/c1-2-34-23-12-17(11-22(27)24(23)35-15-16-6-8-19(26)9-7-16)10-18(14-28)25(31)29-20-4-3-5-21(13-20)30(32)33/h3-13H,2,15H2,1H3,(H,29,31)/b18-10-. The van der Waals surface area contributed by atoms with E-state index in [9.17, 15) is 20.2 Å². The summed E-state index contributed by atoms with van der Waals surface area (Å²) < 4.78 is 12.5. The van der Waals surface area contributed by atoms with Crippen LogP contribution < -0.4 is 14.8 Å². The van der Waals surface area contributed by atoms with Crippen LogP contribution in [0.15, 0.2) is 66.2 Å². The lowest BCUT2D eigenvalue weighted by atomic mass is 10.1. The van der Waals surface area contributed by atoms with Crippen LogP contribution in [0.3, 0.4) is 0 Å². The van der Waals surface area contributed by atoms with Crippen LogP contribution in [-0.2, 0) is 11.4 Å². The fourth-order valence-electron chi connectivity index (χ4n) is 3.02. The van der Waals surface area contributed by atoms with Crippen molar-refractivity contribution < 1.29 is 19.2 Å². The van der Waals surface area contributed by atoms with Crippen LogP contribution in [0.5, 0.6) is 11.5 Å². The molecule has 0 aromatic heterocycles. The summed E-state index contributed by atoms with van der Waals surface area (Å²) in [6.07, 6.45) is 1.42. The van der Waals surface area contributed by atoms with Crippen molar-refractivity contribution in [3.8, 4) is 17.6 Å². The van der Waals surface area contributed by atoms with Gasteiger partial charge >= 0.3 is 0 Å². The smallest absolute Gasteiger partial charge is 0.271 e. The number of anilines is 1. The molecule has 0 aliphatic rings. The van der Waals surface area contributed by atoms with E-state index in [1.165, 1.54) is 30.3 Å². The molecule has 3 rings (SSSR count). The molecule has 0 spiro atoms. The van der Waals surface area contributed by atoms with Gasteiger partial charge in [-0.05, 0) is 77.0 Å². The first-order chi connectivity index (χ1) is 16.8. The fourth-order valence-corrected chi connectivity index (χ4v) is 3.93. The Morgan fingerprint density at radius 1 is 1.20 bits per heavy atom. The molecule has 0 bridgehead atoms. The van der Waals surface area contributed by atoms with Crippen molar-refractivity contribution in [1.82, 2.24) is 0 Å². The molecule has 10 heteroatoms. The third kappa shape index (κ3) is 7.18. The second-order valence-corrected chi connectivity index (χ2v) is 8.71. The molecule has 178 valence electrons. The number of nitro benzene ring substituents is 1. The van der Waals surface area contributed by atoms with Crippen molar-refractivity contribution >= 4 is 57.5 Å². The first-order valence-corrected chi connectivity index (χ1v) is 11.8. The highest BCUT2D eigenvalue weighted by molar-refractivity contribution is 14.1.